The fourth-order valence-corrected chi connectivity index (χ4v) is 9.73. The van der Waals surface area contributed by atoms with Crippen molar-refractivity contribution in [3.63, 3.8) is 0 Å². The van der Waals surface area contributed by atoms with Crippen LogP contribution in [0.15, 0.2) is 48.5 Å². The van der Waals surface area contributed by atoms with Crippen molar-refractivity contribution < 1.29 is 9.59 Å². The summed E-state index contributed by atoms with van der Waals surface area (Å²) >= 11 is 12.8. The molecule has 0 amide bonds. The van der Waals surface area contributed by atoms with E-state index >= 15 is 9.59 Å². The zero-order valence-electron chi connectivity index (χ0n) is 32.0. The van der Waals surface area contributed by atoms with Crippen LogP contribution in [0, 0.1) is 92.6 Å². The molecule has 7 rings (SSSR count). The van der Waals surface area contributed by atoms with E-state index in [2.05, 4.69) is 76.2 Å². The minimum Gasteiger partial charge on any atom is -0.285 e. The van der Waals surface area contributed by atoms with E-state index < -0.39 is 0 Å². The summed E-state index contributed by atoms with van der Waals surface area (Å²) in [7, 11) is 0. The van der Waals surface area contributed by atoms with Crippen molar-refractivity contribution in [3.8, 4) is 22.7 Å². The van der Waals surface area contributed by atoms with Crippen LogP contribution in [0.2, 0.25) is 0 Å². The molecule has 0 fully saturated rings. The number of carbonyl (C=O) groups excluding carboxylic acids is 2. The van der Waals surface area contributed by atoms with Crippen LogP contribution >= 0.6 is 24.4 Å². The van der Waals surface area contributed by atoms with Gasteiger partial charge in [0.05, 0.1) is 22.7 Å². The Labute approximate surface area is 316 Å². The third-order valence-electron chi connectivity index (χ3n) is 10.4. The first-order chi connectivity index (χ1) is 24.4. The number of benzene rings is 4. The van der Waals surface area contributed by atoms with Crippen LogP contribution in [0.4, 0.5) is 0 Å². The number of aryl methyl sites for hydroxylation is 12. The molecular weight excluding hydrogens is 681 g/mol. The fraction of sp³-hybridized carbons (Fsp3) is 0.273. The van der Waals surface area contributed by atoms with E-state index in [1.807, 2.05) is 73.7 Å². The predicted octanol–water partition coefficient (Wildman–Crippen LogP) is 10.8. The third-order valence-corrected chi connectivity index (χ3v) is 11.1. The van der Waals surface area contributed by atoms with Crippen molar-refractivity contribution in [2.45, 2.75) is 83.1 Å². The maximum Gasteiger partial charge on any atom is 0.231 e. The summed E-state index contributed by atoms with van der Waals surface area (Å²) in [4.78, 5) is 31.5. The van der Waals surface area contributed by atoms with Crippen LogP contribution in [0.5, 0.6) is 0 Å². The maximum absolute atomic E-state index is 15.7. The maximum atomic E-state index is 15.7. The van der Waals surface area contributed by atoms with Crippen molar-refractivity contribution in [2.24, 2.45) is 0 Å². The van der Waals surface area contributed by atoms with Crippen molar-refractivity contribution in [1.29, 1.82) is 0 Å². The van der Waals surface area contributed by atoms with Gasteiger partial charge in [-0.15, -0.1) is 0 Å². The summed E-state index contributed by atoms with van der Waals surface area (Å²) in [6.07, 6.45) is 0. The van der Waals surface area contributed by atoms with Crippen molar-refractivity contribution in [3.05, 3.63) is 148 Å². The van der Waals surface area contributed by atoms with E-state index in [1.165, 1.54) is 0 Å². The van der Waals surface area contributed by atoms with Gasteiger partial charge in [0.15, 0.2) is 9.54 Å². The molecule has 2 aromatic heterocycles. The second-order valence-electron chi connectivity index (χ2n) is 14.9. The number of hydrogen-bond acceptors (Lipinski definition) is 4. The Bertz CT molecular complexity index is 2270. The lowest BCUT2D eigenvalue weighted by Gasteiger charge is -2.21. The highest BCUT2D eigenvalue weighted by Gasteiger charge is 2.44. The van der Waals surface area contributed by atoms with Gasteiger partial charge in [-0.3, -0.25) is 27.9 Å². The molecule has 0 saturated heterocycles. The number of hydrogen-bond donors (Lipinski definition) is 0. The van der Waals surface area contributed by atoms with Crippen LogP contribution in [-0.4, -0.2) is 29.8 Å². The number of imidazole rings is 2. The number of aromatic nitrogens is 4. The van der Waals surface area contributed by atoms with Crippen molar-refractivity contribution >= 4 is 36.0 Å². The SMILES string of the molecule is Cc1cc(C)c(-n2c3c(n(-c4c(C)cc(C)cc4C)c2=S)C(=O)c2c(n(-c4c(C)cc(C)cc4C)c(=S)n2-c2c(C)cc(C)cc2C)C3=O)c(C)c1. The molecule has 0 aliphatic heterocycles. The van der Waals surface area contributed by atoms with Crippen LogP contribution in [0.1, 0.15) is 99.1 Å². The first-order valence-electron chi connectivity index (χ1n) is 17.6. The monoisotopic (exact) mass is 724 g/mol. The first kappa shape index (κ1) is 35.5. The molecule has 8 heteroatoms. The molecule has 1 aliphatic carbocycles. The molecular formula is C44H44N4O2S2. The van der Waals surface area contributed by atoms with Gasteiger partial charge in [0.1, 0.15) is 22.8 Å². The molecule has 6 nitrogen and oxygen atoms in total. The molecule has 2 heterocycles. The molecule has 52 heavy (non-hydrogen) atoms. The summed E-state index contributed by atoms with van der Waals surface area (Å²) in [6.45, 7) is 24.5. The van der Waals surface area contributed by atoms with E-state index in [1.54, 1.807) is 0 Å². The largest absolute Gasteiger partial charge is 0.285 e. The zero-order valence-corrected chi connectivity index (χ0v) is 33.7. The van der Waals surface area contributed by atoms with Gasteiger partial charge in [0.2, 0.25) is 11.6 Å². The quantitative estimate of drug-likeness (QED) is 0.170. The second kappa shape index (κ2) is 12.3. The minimum absolute atomic E-state index is 0.248. The van der Waals surface area contributed by atoms with Gasteiger partial charge in [-0.2, -0.15) is 0 Å². The van der Waals surface area contributed by atoms with Crippen LogP contribution < -0.4 is 0 Å². The summed E-state index contributed by atoms with van der Waals surface area (Å²) in [5, 5.41) is 0. The minimum atomic E-state index is -0.303. The normalized spacial score (nSPS) is 12.5. The average Bonchev–Trinajstić information content (AvgIpc) is 3.46. The average molecular weight is 725 g/mol. The molecule has 1 aliphatic rings. The lowest BCUT2D eigenvalue weighted by Crippen LogP contribution is -2.28. The molecule has 0 N–H and O–H groups in total. The van der Waals surface area contributed by atoms with Crippen LogP contribution in [0.3, 0.4) is 0 Å². The highest BCUT2D eigenvalue weighted by atomic mass is 32.1. The summed E-state index contributed by atoms with van der Waals surface area (Å²) < 4.78 is 8.11. The Balaban J connectivity index is 1.72. The first-order valence-corrected chi connectivity index (χ1v) is 18.4. The van der Waals surface area contributed by atoms with Crippen LogP contribution in [0.25, 0.3) is 22.7 Å². The number of carbonyl (C=O) groups is 2. The molecule has 0 bridgehead atoms. The number of ketones is 2. The van der Waals surface area contributed by atoms with Gasteiger partial charge in [0, 0.05) is 0 Å². The molecule has 0 saturated carbocycles. The molecule has 264 valence electrons. The molecule has 0 spiro atoms. The lowest BCUT2D eigenvalue weighted by atomic mass is 9.95. The molecule has 4 aromatic carbocycles. The number of rotatable bonds is 4. The topological polar surface area (TPSA) is 53.9 Å². The Hall–Kier alpha value is -4.92. The molecule has 0 unspecified atom stereocenters. The Kier molecular flexibility index (Phi) is 8.43. The summed E-state index contributed by atoms with van der Waals surface area (Å²) in [5.41, 5.74) is 16.3. The smallest absolute Gasteiger partial charge is 0.231 e. The van der Waals surface area contributed by atoms with Gasteiger partial charge in [0.25, 0.3) is 0 Å². The Morgan fingerprint density at radius 2 is 0.481 bits per heavy atom. The van der Waals surface area contributed by atoms with E-state index in [9.17, 15) is 0 Å². The summed E-state index contributed by atoms with van der Waals surface area (Å²) in [5.74, 6) is -0.606. The number of fused-ring (bicyclic) bond motifs is 2. The van der Waals surface area contributed by atoms with Crippen LogP contribution in [-0.2, 0) is 0 Å². The summed E-state index contributed by atoms with van der Waals surface area (Å²) in [6, 6.07) is 16.8. The van der Waals surface area contributed by atoms with E-state index in [4.69, 9.17) is 24.4 Å². The molecule has 6 aromatic rings. The van der Waals surface area contributed by atoms with Gasteiger partial charge in [-0.05, 0) is 152 Å². The van der Waals surface area contributed by atoms with Crippen molar-refractivity contribution in [2.75, 3.05) is 0 Å². The van der Waals surface area contributed by atoms with Crippen molar-refractivity contribution in [1.82, 2.24) is 18.3 Å². The third kappa shape index (κ3) is 5.10. The van der Waals surface area contributed by atoms with Gasteiger partial charge in [-0.25, -0.2) is 0 Å². The second-order valence-corrected chi connectivity index (χ2v) is 15.7. The molecule has 0 atom stereocenters. The Morgan fingerprint density at radius 3 is 0.635 bits per heavy atom. The van der Waals surface area contributed by atoms with E-state index in [-0.39, 0.29) is 34.3 Å². The fourth-order valence-electron chi connectivity index (χ4n) is 9.00. The highest BCUT2D eigenvalue weighted by molar-refractivity contribution is 7.71. The Morgan fingerprint density at radius 1 is 0.327 bits per heavy atom. The van der Waals surface area contributed by atoms with E-state index in [0.717, 1.165) is 89.5 Å². The standard InChI is InChI=1S/C44H44N4O2S2/c1-21-13-25(5)33(26(6)14-21)45-37-38(46(43(45)51)34-27(7)15-22(2)16-28(34)8)42(50)40-39(41(37)49)47(35-29(9)17-23(3)18-30(35)10)44(52)48(40)36-31(11)19-24(4)20-32(36)12/h13-20H,1-12H3. The highest BCUT2D eigenvalue weighted by Crippen LogP contribution is 2.40. The lowest BCUT2D eigenvalue weighted by molar-refractivity contribution is 0.0963. The van der Waals surface area contributed by atoms with Gasteiger partial charge in [-0.1, -0.05) is 70.8 Å². The zero-order chi connectivity index (χ0) is 37.8. The molecule has 0 radical (unpaired) electrons. The van der Waals surface area contributed by atoms with Gasteiger partial charge < -0.3 is 0 Å². The van der Waals surface area contributed by atoms with E-state index in [0.29, 0.717) is 9.54 Å². The number of nitrogens with zero attached hydrogens (tertiary/aromatic N) is 4. The predicted molar refractivity (Wildman–Crippen MR) is 216 cm³/mol. The van der Waals surface area contributed by atoms with Gasteiger partial charge >= 0.3 is 0 Å².